The third-order valence-corrected chi connectivity index (χ3v) is 14.0. The van der Waals surface area contributed by atoms with Crippen molar-refractivity contribution in [1.82, 2.24) is 9.97 Å². The average Bonchev–Trinajstić information content (AvgIpc) is 3.34. The maximum Gasteiger partial charge on any atom is 0.0801 e. The van der Waals surface area contributed by atoms with E-state index in [1.807, 2.05) is 0 Å². The SMILES string of the molecule is Cc1ccc(-c2ccc3c(c2)c(-c2ccc4ccccc4c2)c2ccc4nc5c6ccc(-c7ccc(C)cc7)cc6c(-c6ccc7ccccc7c6)c6ccc7nc3c2c4c7c65)cc1. The monoisotopic (exact) mass is 810 g/mol. The largest absolute Gasteiger partial charge is 0.247 e. The summed E-state index contributed by atoms with van der Waals surface area (Å²) >= 11 is 0. The van der Waals surface area contributed by atoms with Crippen molar-refractivity contribution in [1.29, 1.82) is 0 Å². The van der Waals surface area contributed by atoms with Gasteiger partial charge in [0.1, 0.15) is 0 Å². The first-order chi connectivity index (χ1) is 31.5. The van der Waals surface area contributed by atoms with Crippen molar-refractivity contribution in [2.24, 2.45) is 0 Å². The van der Waals surface area contributed by atoms with E-state index in [4.69, 9.17) is 9.97 Å². The quantitative estimate of drug-likeness (QED) is 0.131. The summed E-state index contributed by atoms with van der Waals surface area (Å²) < 4.78 is 0. The maximum atomic E-state index is 5.72. The predicted octanol–water partition coefficient (Wildman–Crippen LogP) is 17.0. The van der Waals surface area contributed by atoms with Gasteiger partial charge < -0.3 is 0 Å². The molecule has 0 aliphatic carbocycles. The summed E-state index contributed by atoms with van der Waals surface area (Å²) in [6.45, 7) is 4.29. The van der Waals surface area contributed by atoms with E-state index in [9.17, 15) is 0 Å². The van der Waals surface area contributed by atoms with Crippen molar-refractivity contribution >= 4 is 97.5 Å². The molecule has 0 atom stereocenters. The van der Waals surface area contributed by atoms with Gasteiger partial charge in [-0.05, 0) is 138 Å². The Morgan fingerprint density at radius 1 is 0.266 bits per heavy atom. The van der Waals surface area contributed by atoms with Crippen LogP contribution >= 0.6 is 0 Å². The van der Waals surface area contributed by atoms with Crippen LogP contribution in [0.2, 0.25) is 0 Å². The molecule has 0 spiro atoms. The van der Waals surface area contributed by atoms with Crippen LogP contribution in [0.25, 0.3) is 142 Å². The van der Waals surface area contributed by atoms with Crippen LogP contribution in [-0.4, -0.2) is 9.97 Å². The molecule has 0 aliphatic heterocycles. The van der Waals surface area contributed by atoms with Crippen LogP contribution in [-0.2, 0) is 0 Å². The summed E-state index contributed by atoms with van der Waals surface area (Å²) in [4.78, 5) is 11.4. The van der Waals surface area contributed by atoms with Gasteiger partial charge in [0.2, 0.25) is 0 Å². The molecule has 0 fully saturated rings. The van der Waals surface area contributed by atoms with Gasteiger partial charge in [-0.25, -0.2) is 9.97 Å². The molecule has 0 bridgehead atoms. The minimum absolute atomic E-state index is 0.993. The Labute approximate surface area is 369 Å². The Bertz CT molecular complexity index is 3960. The van der Waals surface area contributed by atoms with Crippen molar-refractivity contribution in [3.05, 3.63) is 205 Å². The van der Waals surface area contributed by atoms with Crippen molar-refractivity contribution in [3.63, 3.8) is 0 Å². The fraction of sp³-hybridized carbons (Fsp3) is 0.0323. The summed E-state index contributed by atoms with van der Waals surface area (Å²) in [7, 11) is 0. The molecular weight excluding hydrogens is 773 g/mol. The minimum Gasteiger partial charge on any atom is -0.247 e. The first kappa shape index (κ1) is 35.4. The molecule has 14 aromatic rings. The van der Waals surface area contributed by atoms with E-state index in [1.165, 1.54) is 120 Å². The molecular formula is C62H38N2. The predicted molar refractivity (Wildman–Crippen MR) is 273 cm³/mol. The van der Waals surface area contributed by atoms with Crippen LogP contribution in [0.4, 0.5) is 0 Å². The molecule has 0 saturated carbocycles. The molecule has 2 heterocycles. The van der Waals surface area contributed by atoms with E-state index in [-0.39, 0.29) is 0 Å². The van der Waals surface area contributed by atoms with Crippen molar-refractivity contribution < 1.29 is 0 Å². The summed E-state index contributed by atoms with van der Waals surface area (Å²) in [6, 6.07) is 72.0. The van der Waals surface area contributed by atoms with Crippen LogP contribution in [0.5, 0.6) is 0 Å². The fourth-order valence-corrected chi connectivity index (χ4v) is 10.9. The van der Waals surface area contributed by atoms with E-state index in [0.717, 1.165) is 32.8 Å². The molecule has 0 amide bonds. The Morgan fingerprint density at radius 2 is 0.641 bits per heavy atom. The summed E-state index contributed by atoms with van der Waals surface area (Å²) in [5.74, 6) is 0. The van der Waals surface area contributed by atoms with E-state index in [1.54, 1.807) is 0 Å². The molecule has 0 aliphatic rings. The van der Waals surface area contributed by atoms with E-state index in [0.29, 0.717) is 0 Å². The van der Waals surface area contributed by atoms with E-state index in [2.05, 4.69) is 208 Å². The number of aryl methyl sites for hydroxylation is 2. The number of hydrogen-bond donors (Lipinski definition) is 0. The van der Waals surface area contributed by atoms with Crippen LogP contribution in [0.1, 0.15) is 11.1 Å². The fourth-order valence-electron chi connectivity index (χ4n) is 10.9. The third kappa shape index (κ3) is 5.08. The lowest BCUT2D eigenvalue weighted by Crippen LogP contribution is -1.99. The lowest BCUT2D eigenvalue weighted by Gasteiger charge is -2.22. The minimum atomic E-state index is 0.993. The molecule has 14 rings (SSSR count). The number of fused-ring (bicyclic) bond motifs is 6. The zero-order valence-electron chi connectivity index (χ0n) is 35.4. The number of hydrogen-bond acceptors (Lipinski definition) is 2. The van der Waals surface area contributed by atoms with Gasteiger partial charge in [-0.2, -0.15) is 0 Å². The third-order valence-electron chi connectivity index (χ3n) is 14.0. The van der Waals surface area contributed by atoms with Gasteiger partial charge in [0.25, 0.3) is 0 Å². The second kappa shape index (κ2) is 13.2. The van der Waals surface area contributed by atoms with Crippen LogP contribution in [0.3, 0.4) is 0 Å². The highest BCUT2D eigenvalue weighted by Crippen LogP contribution is 2.51. The Morgan fingerprint density at radius 3 is 1.08 bits per heavy atom. The zero-order chi connectivity index (χ0) is 42.2. The first-order valence-electron chi connectivity index (χ1n) is 22.2. The molecule has 2 aromatic heterocycles. The van der Waals surface area contributed by atoms with Gasteiger partial charge in [-0.3, -0.25) is 0 Å². The second-order valence-corrected chi connectivity index (χ2v) is 17.8. The molecule has 0 saturated heterocycles. The van der Waals surface area contributed by atoms with Crippen molar-refractivity contribution in [2.45, 2.75) is 13.8 Å². The summed E-state index contributed by atoms with van der Waals surface area (Å²) in [5, 5.41) is 16.7. The normalized spacial score (nSPS) is 12.2. The highest BCUT2D eigenvalue weighted by molar-refractivity contribution is 6.41. The molecule has 0 unspecified atom stereocenters. The lowest BCUT2D eigenvalue weighted by molar-refractivity contribution is 1.47. The molecule has 64 heavy (non-hydrogen) atoms. The second-order valence-electron chi connectivity index (χ2n) is 17.8. The molecule has 0 N–H and O–H groups in total. The summed E-state index contributed by atoms with van der Waals surface area (Å²) in [5.41, 5.74) is 16.2. The highest BCUT2D eigenvalue weighted by Gasteiger charge is 2.26. The zero-order valence-corrected chi connectivity index (χ0v) is 35.4. The molecule has 0 radical (unpaired) electrons. The lowest BCUT2D eigenvalue weighted by atomic mass is 9.83. The molecule has 2 nitrogen and oxygen atoms in total. The van der Waals surface area contributed by atoms with Crippen LogP contribution in [0.15, 0.2) is 194 Å². The number of rotatable bonds is 4. The number of pyridine rings is 2. The van der Waals surface area contributed by atoms with Crippen molar-refractivity contribution in [3.8, 4) is 44.5 Å². The average molecular weight is 811 g/mol. The summed E-state index contributed by atoms with van der Waals surface area (Å²) in [6.07, 6.45) is 0. The Hall–Kier alpha value is -8.20. The molecule has 296 valence electrons. The first-order valence-corrected chi connectivity index (χ1v) is 22.2. The Balaban J connectivity index is 1.13. The maximum absolute atomic E-state index is 5.72. The topological polar surface area (TPSA) is 25.8 Å². The van der Waals surface area contributed by atoms with Gasteiger partial charge in [0.15, 0.2) is 0 Å². The van der Waals surface area contributed by atoms with Gasteiger partial charge in [-0.15, -0.1) is 0 Å². The van der Waals surface area contributed by atoms with E-state index >= 15 is 0 Å². The standard InChI is InChI=1S/C62H38N2/c1-35-11-15-39(16-12-35)43-23-25-47-51(33-43)55(45-21-19-37-7-3-5-9-41(37)31-45)49-27-29-54-59-57(49)61(47)63-53-30-28-50-56(46-22-20-38-8-4-6-10-42(38)32-46)52-34-44(40-17-13-36(2)14-18-40)24-26-48(52)62(64-54)58(50)60(53)59/h3-34H,1-2H3. The van der Waals surface area contributed by atoms with Gasteiger partial charge in [-0.1, -0.05) is 169 Å². The van der Waals surface area contributed by atoms with Gasteiger partial charge >= 0.3 is 0 Å². The highest BCUT2D eigenvalue weighted by atomic mass is 14.7. The van der Waals surface area contributed by atoms with E-state index < -0.39 is 0 Å². The van der Waals surface area contributed by atoms with Crippen molar-refractivity contribution in [2.75, 3.05) is 0 Å². The molecule has 12 aromatic carbocycles. The smallest absolute Gasteiger partial charge is 0.0801 e. The molecule has 2 heteroatoms. The van der Waals surface area contributed by atoms with Gasteiger partial charge in [0.05, 0.1) is 22.1 Å². The number of aromatic nitrogens is 2. The Kier molecular flexibility index (Phi) is 7.28. The number of nitrogens with zero attached hydrogens (tertiary/aromatic N) is 2. The van der Waals surface area contributed by atoms with Gasteiger partial charge in [0, 0.05) is 32.3 Å². The number of benzene rings is 12. The van der Waals surface area contributed by atoms with Crippen LogP contribution < -0.4 is 0 Å². The van der Waals surface area contributed by atoms with Crippen LogP contribution in [0, 0.1) is 13.8 Å².